The summed E-state index contributed by atoms with van der Waals surface area (Å²) in [5, 5.41) is 3.45. The van der Waals surface area contributed by atoms with Crippen LogP contribution in [0.2, 0.25) is 0 Å². The Balaban J connectivity index is 1.47. The van der Waals surface area contributed by atoms with Crippen LogP contribution in [0, 0.1) is 0 Å². The predicted octanol–water partition coefficient (Wildman–Crippen LogP) is 3.73. The molecule has 3 aromatic rings. The Kier molecular flexibility index (Phi) is 5.25. The van der Waals surface area contributed by atoms with E-state index >= 15 is 0 Å². The van der Waals surface area contributed by atoms with Gasteiger partial charge in [-0.25, -0.2) is 13.4 Å². The number of thiazole rings is 1. The first-order valence-corrected chi connectivity index (χ1v) is 11.2. The number of nitrogens with zero attached hydrogens (tertiary/aromatic N) is 2. The number of carbonyl (C=O) groups is 1. The molecule has 1 amide bonds. The monoisotopic (exact) mass is 413 g/mol. The van der Waals surface area contributed by atoms with Crippen molar-refractivity contribution in [1.29, 1.82) is 0 Å². The second-order valence-corrected chi connectivity index (χ2v) is 9.48. The molecule has 144 valence electrons. The van der Waals surface area contributed by atoms with E-state index in [0.717, 1.165) is 28.1 Å². The van der Waals surface area contributed by atoms with Crippen molar-refractivity contribution >= 4 is 49.2 Å². The number of rotatable bonds is 5. The smallest absolute Gasteiger partial charge is 0.248 e. The number of hydrogen-bond acceptors (Lipinski definition) is 5. The highest BCUT2D eigenvalue weighted by Gasteiger charge is 2.27. The van der Waals surface area contributed by atoms with E-state index in [9.17, 15) is 13.2 Å². The SMILES string of the molecule is O=C(/C=C/c1nc2ccccc2s1)Nc1cccc(S(=O)(=O)N2CCCC2)c1. The van der Waals surface area contributed by atoms with Crippen LogP contribution in [0.15, 0.2) is 59.5 Å². The van der Waals surface area contributed by atoms with Crippen molar-refractivity contribution < 1.29 is 13.2 Å². The zero-order valence-electron chi connectivity index (χ0n) is 15.0. The first-order valence-electron chi connectivity index (χ1n) is 8.97. The van der Waals surface area contributed by atoms with Gasteiger partial charge in [-0.2, -0.15) is 4.31 Å². The summed E-state index contributed by atoms with van der Waals surface area (Å²) >= 11 is 1.50. The van der Waals surface area contributed by atoms with Gasteiger partial charge in [0, 0.05) is 24.9 Å². The van der Waals surface area contributed by atoms with Gasteiger partial charge in [-0.05, 0) is 49.2 Å². The molecule has 6 nitrogen and oxygen atoms in total. The third-order valence-corrected chi connectivity index (χ3v) is 7.39. The summed E-state index contributed by atoms with van der Waals surface area (Å²) in [6, 6.07) is 14.1. The van der Waals surface area contributed by atoms with Crippen LogP contribution in [0.4, 0.5) is 5.69 Å². The van der Waals surface area contributed by atoms with Crippen LogP contribution in [0.1, 0.15) is 17.8 Å². The summed E-state index contributed by atoms with van der Waals surface area (Å²) in [5.41, 5.74) is 1.34. The standard InChI is InChI=1S/C20H19N3O3S2/c24-19(10-11-20-22-17-8-1-2-9-18(17)27-20)21-15-6-5-7-16(14-15)28(25,26)23-12-3-4-13-23/h1-2,5-11,14H,3-4,12-13H2,(H,21,24)/b11-10+. The Bertz CT molecular complexity index is 1110. The maximum Gasteiger partial charge on any atom is 0.248 e. The van der Waals surface area contributed by atoms with Gasteiger partial charge in [0.25, 0.3) is 0 Å². The topological polar surface area (TPSA) is 79.4 Å². The Hall–Kier alpha value is -2.55. The van der Waals surface area contributed by atoms with Crippen molar-refractivity contribution in [3.8, 4) is 0 Å². The lowest BCUT2D eigenvalue weighted by Gasteiger charge is -2.16. The molecule has 0 saturated carbocycles. The zero-order valence-corrected chi connectivity index (χ0v) is 16.7. The van der Waals surface area contributed by atoms with Gasteiger partial charge in [-0.15, -0.1) is 11.3 Å². The number of hydrogen-bond donors (Lipinski definition) is 1. The van der Waals surface area contributed by atoms with E-state index in [4.69, 9.17) is 0 Å². The minimum absolute atomic E-state index is 0.197. The molecule has 1 N–H and O–H groups in total. The Morgan fingerprint density at radius 3 is 2.68 bits per heavy atom. The lowest BCUT2D eigenvalue weighted by atomic mass is 10.3. The van der Waals surface area contributed by atoms with Crippen LogP contribution in [0.25, 0.3) is 16.3 Å². The van der Waals surface area contributed by atoms with Crippen molar-refractivity contribution in [2.45, 2.75) is 17.7 Å². The Morgan fingerprint density at radius 2 is 1.89 bits per heavy atom. The van der Waals surface area contributed by atoms with E-state index in [2.05, 4.69) is 10.3 Å². The normalized spacial score (nSPS) is 15.4. The number of fused-ring (bicyclic) bond motifs is 1. The maximum atomic E-state index is 12.7. The summed E-state index contributed by atoms with van der Waals surface area (Å²) in [4.78, 5) is 16.9. The van der Waals surface area contributed by atoms with Gasteiger partial charge in [0.15, 0.2) is 0 Å². The maximum absolute atomic E-state index is 12.7. The average Bonchev–Trinajstić information content (AvgIpc) is 3.36. The highest BCUT2D eigenvalue weighted by Crippen LogP contribution is 2.24. The van der Waals surface area contributed by atoms with Gasteiger partial charge < -0.3 is 5.32 Å². The number of aromatic nitrogens is 1. The van der Waals surface area contributed by atoms with Crippen LogP contribution in [0.3, 0.4) is 0 Å². The van der Waals surface area contributed by atoms with Gasteiger partial charge in [0.05, 0.1) is 15.1 Å². The Morgan fingerprint density at radius 1 is 1.11 bits per heavy atom. The highest BCUT2D eigenvalue weighted by molar-refractivity contribution is 7.89. The second kappa shape index (κ2) is 7.83. The van der Waals surface area contributed by atoms with Crippen LogP contribution in [-0.2, 0) is 14.8 Å². The second-order valence-electron chi connectivity index (χ2n) is 6.48. The average molecular weight is 414 g/mol. The van der Waals surface area contributed by atoms with Gasteiger partial charge in [-0.3, -0.25) is 4.79 Å². The zero-order chi connectivity index (χ0) is 19.6. The van der Waals surface area contributed by atoms with Crippen molar-refractivity contribution in [3.63, 3.8) is 0 Å². The molecular formula is C20H19N3O3S2. The molecule has 8 heteroatoms. The summed E-state index contributed by atoms with van der Waals surface area (Å²) in [6.45, 7) is 1.09. The molecule has 28 heavy (non-hydrogen) atoms. The van der Waals surface area contributed by atoms with Crippen molar-refractivity contribution in [2.24, 2.45) is 0 Å². The first-order chi connectivity index (χ1) is 13.5. The van der Waals surface area contributed by atoms with Gasteiger partial charge >= 0.3 is 0 Å². The van der Waals surface area contributed by atoms with E-state index in [0.29, 0.717) is 18.8 Å². The van der Waals surface area contributed by atoms with E-state index in [1.165, 1.54) is 27.8 Å². The van der Waals surface area contributed by atoms with Crippen LogP contribution in [0.5, 0.6) is 0 Å². The van der Waals surface area contributed by atoms with Gasteiger partial charge in [0.2, 0.25) is 15.9 Å². The molecule has 0 bridgehead atoms. The molecular weight excluding hydrogens is 394 g/mol. The highest BCUT2D eigenvalue weighted by atomic mass is 32.2. The minimum atomic E-state index is -3.51. The predicted molar refractivity (Wildman–Crippen MR) is 112 cm³/mol. The number of nitrogens with one attached hydrogen (secondary N) is 1. The Labute approximate surface area is 167 Å². The molecule has 0 aliphatic carbocycles. The van der Waals surface area contributed by atoms with Gasteiger partial charge in [-0.1, -0.05) is 18.2 Å². The number of anilines is 1. The molecule has 2 aromatic carbocycles. The fourth-order valence-corrected chi connectivity index (χ4v) is 5.54. The third-order valence-electron chi connectivity index (χ3n) is 4.49. The minimum Gasteiger partial charge on any atom is -0.322 e. The molecule has 0 unspecified atom stereocenters. The molecule has 0 atom stereocenters. The van der Waals surface area contributed by atoms with Crippen molar-refractivity contribution in [3.05, 3.63) is 59.6 Å². The lowest BCUT2D eigenvalue weighted by Crippen LogP contribution is -2.27. The quantitative estimate of drug-likeness (QED) is 0.647. The molecule has 1 aliphatic rings. The molecule has 1 aliphatic heterocycles. The van der Waals surface area contributed by atoms with Crippen LogP contribution in [-0.4, -0.2) is 36.7 Å². The number of sulfonamides is 1. The first kappa shape index (κ1) is 18.8. The number of benzene rings is 2. The summed E-state index contributed by atoms with van der Waals surface area (Å²) < 4.78 is 27.9. The van der Waals surface area contributed by atoms with E-state index < -0.39 is 10.0 Å². The van der Waals surface area contributed by atoms with E-state index in [1.807, 2.05) is 24.3 Å². The molecule has 1 saturated heterocycles. The molecule has 0 radical (unpaired) electrons. The van der Waals surface area contributed by atoms with Crippen molar-refractivity contribution in [1.82, 2.24) is 9.29 Å². The van der Waals surface area contributed by atoms with E-state index in [-0.39, 0.29) is 10.8 Å². The molecule has 1 aromatic heterocycles. The van der Waals surface area contributed by atoms with Crippen LogP contribution >= 0.6 is 11.3 Å². The van der Waals surface area contributed by atoms with Gasteiger partial charge in [0.1, 0.15) is 5.01 Å². The third kappa shape index (κ3) is 3.99. The van der Waals surface area contributed by atoms with E-state index in [1.54, 1.807) is 24.3 Å². The summed E-state index contributed by atoms with van der Waals surface area (Å²) in [7, 11) is -3.51. The molecule has 0 spiro atoms. The summed E-state index contributed by atoms with van der Waals surface area (Å²) in [6.07, 6.45) is 4.82. The fourth-order valence-electron chi connectivity index (χ4n) is 3.10. The largest absolute Gasteiger partial charge is 0.322 e. The number of para-hydroxylation sites is 1. The van der Waals surface area contributed by atoms with Crippen LogP contribution < -0.4 is 5.32 Å². The fraction of sp³-hybridized carbons (Fsp3) is 0.200. The molecule has 2 heterocycles. The summed E-state index contributed by atoms with van der Waals surface area (Å²) in [5.74, 6) is -0.338. The number of carbonyl (C=O) groups excluding carboxylic acids is 1. The molecule has 4 rings (SSSR count). The van der Waals surface area contributed by atoms with Crippen molar-refractivity contribution in [2.75, 3.05) is 18.4 Å². The molecule has 1 fully saturated rings. The number of amides is 1. The lowest BCUT2D eigenvalue weighted by molar-refractivity contribution is -0.111.